The fourth-order valence-electron chi connectivity index (χ4n) is 4.52. The van der Waals surface area contributed by atoms with Crippen molar-refractivity contribution in [2.24, 2.45) is 0 Å². The first-order chi connectivity index (χ1) is 23.5. The summed E-state index contributed by atoms with van der Waals surface area (Å²) in [6.07, 6.45) is -5.76. The lowest BCUT2D eigenvalue weighted by Crippen LogP contribution is -2.40. The molecule has 1 amide bonds. The number of aliphatic carboxylic acids is 2. The number of thiazole rings is 1. The van der Waals surface area contributed by atoms with Gasteiger partial charge in [0.25, 0.3) is 0 Å². The van der Waals surface area contributed by atoms with Gasteiger partial charge < -0.3 is 35.8 Å². The number of amides is 1. The average Bonchev–Trinajstić information content (AvgIpc) is 3.46. The van der Waals surface area contributed by atoms with Crippen molar-refractivity contribution in [2.75, 3.05) is 44.2 Å². The molecule has 0 radical (unpaired) electrons. The number of rotatable bonds is 13. The lowest BCUT2D eigenvalue weighted by atomic mass is 10.1. The molecule has 0 spiro atoms. The van der Waals surface area contributed by atoms with E-state index in [1.807, 2.05) is 23.9 Å². The minimum Gasteiger partial charge on any atom is -0.506 e. The van der Waals surface area contributed by atoms with E-state index in [9.17, 15) is 41.0 Å². The summed E-state index contributed by atoms with van der Waals surface area (Å²) in [6.45, 7) is 4.12. The summed E-state index contributed by atoms with van der Waals surface area (Å²) in [6, 6.07) is 14.3. The Morgan fingerprint density at radius 2 is 1.46 bits per heavy atom. The van der Waals surface area contributed by atoms with Crippen LogP contribution in [0.25, 0.3) is 10.2 Å². The van der Waals surface area contributed by atoms with Crippen LogP contribution in [0.5, 0.6) is 5.75 Å². The van der Waals surface area contributed by atoms with Crippen molar-refractivity contribution in [3.8, 4) is 5.75 Å². The molecule has 50 heavy (non-hydrogen) atoms. The van der Waals surface area contributed by atoms with Crippen molar-refractivity contribution in [3.63, 3.8) is 0 Å². The molecular formula is C31H38F6N4O7S2. The van der Waals surface area contributed by atoms with Crippen LogP contribution in [0.4, 0.5) is 26.3 Å². The normalized spacial score (nSPS) is 13.6. The Labute approximate surface area is 291 Å². The van der Waals surface area contributed by atoms with Gasteiger partial charge in [-0.3, -0.25) is 9.59 Å². The third kappa shape index (κ3) is 16.3. The largest absolute Gasteiger partial charge is 0.506 e. The van der Waals surface area contributed by atoms with Gasteiger partial charge in [0.15, 0.2) is 0 Å². The van der Waals surface area contributed by atoms with Crippen LogP contribution in [0.1, 0.15) is 30.4 Å². The SMILES string of the molecule is O=C(CCN(CCNCCc1ccc(O)c2[nH]c(=O)sc12)CCc1ccccc1)NC1CCSCC1.O=C(O)C(F)(F)F.O=C(O)C(F)(F)F. The van der Waals surface area contributed by atoms with Crippen LogP contribution in [0, 0.1) is 0 Å². The van der Waals surface area contributed by atoms with E-state index in [1.165, 1.54) is 5.56 Å². The maximum absolute atomic E-state index is 12.6. The standard InChI is InChI=1S/C27H36N4O3S2.2C2HF3O2/c32-23-7-6-21(26-25(23)30-27(34)36-26)8-13-28-14-17-31(15-9-20-4-2-1-3-5-20)16-10-24(33)29-22-11-18-35-19-12-22;2*3-2(4,5)1(6)7/h1-7,22,28,32H,8-19H2,(H,29,33)(H,30,34);2*(H,6,7). The predicted molar refractivity (Wildman–Crippen MR) is 178 cm³/mol. The zero-order valence-electron chi connectivity index (χ0n) is 26.6. The van der Waals surface area contributed by atoms with Gasteiger partial charge in [0.1, 0.15) is 11.3 Å². The van der Waals surface area contributed by atoms with Crippen LogP contribution < -0.4 is 15.5 Å². The van der Waals surface area contributed by atoms with Crippen molar-refractivity contribution in [2.45, 2.75) is 50.5 Å². The number of phenols is 1. The van der Waals surface area contributed by atoms with E-state index in [0.717, 1.165) is 91.5 Å². The molecule has 4 rings (SSSR count). The van der Waals surface area contributed by atoms with Gasteiger partial charge in [0.2, 0.25) is 5.91 Å². The monoisotopic (exact) mass is 756 g/mol. The lowest BCUT2D eigenvalue weighted by molar-refractivity contribution is -0.193. The van der Waals surface area contributed by atoms with Gasteiger partial charge in [-0.1, -0.05) is 47.7 Å². The average molecular weight is 757 g/mol. The van der Waals surface area contributed by atoms with E-state index in [0.29, 0.717) is 18.0 Å². The number of benzene rings is 2. The number of carbonyl (C=O) groups is 3. The van der Waals surface area contributed by atoms with Crippen LogP contribution >= 0.6 is 23.1 Å². The molecule has 11 nitrogen and oxygen atoms in total. The van der Waals surface area contributed by atoms with Gasteiger partial charge in [0, 0.05) is 38.6 Å². The van der Waals surface area contributed by atoms with Gasteiger partial charge >= 0.3 is 29.2 Å². The first kappa shape index (κ1) is 42.4. The maximum Gasteiger partial charge on any atom is 0.490 e. The molecule has 3 aromatic rings. The molecule has 2 aromatic carbocycles. The van der Waals surface area contributed by atoms with Gasteiger partial charge in [-0.15, -0.1) is 0 Å². The summed E-state index contributed by atoms with van der Waals surface area (Å²) < 4.78 is 64.3. The highest BCUT2D eigenvalue weighted by Gasteiger charge is 2.38. The maximum atomic E-state index is 12.6. The first-order valence-electron chi connectivity index (χ1n) is 15.2. The number of aromatic hydroxyl groups is 1. The number of H-pyrrole nitrogens is 1. The number of aromatic amines is 1. The number of carbonyl (C=O) groups excluding carboxylic acids is 1. The van der Waals surface area contributed by atoms with Crippen LogP contribution in [-0.2, 0) is 27.2 Å². The van der Waals surface area contributed by atoms with Crippen LogP contribution in [0.15, 0.2) is 47.3 Å². The number of hydrogen-bond acceptors (Lipinski definition) is 9. The highest BCUT2D eigenvalue weighted by Crippen LogP contribution is 2.28. The topological polar surface area (TPSA) is 172 Å². The fraction of sp³-hybridized carbons (Fsp3) is 0.484. The number of phenolic OH excluding ortho intramolecular Hbond substituents is 1. The quantitative estimate of drug-likeness (QED) is 0.107. The second-order valence-corrected chi connectivity index (χ2v) is 13.1. The molecule has 1 fully saturated rings. The molecule has 1 aliphatic rings. The highest BCUT2D eigenvalue weighted by molar-refractivity contribution is 7.99. The molecular weight excluding hydrogens is 718 g/mol. The number of thioether (sulfide) groups is 1. The Morgan fingerprint density at radius 1 is 0.860 bits per heavy atom. The summed E-state index contributed by atoms with van der Waals surface area (Å²) in [4.78, 5) is 47.0. The van der Waals surface area contributed by atoms with Crippen molar-refractivity contribution >= 4 is 51.2 Å². The van der Waals surface area contributed by atoms with Crippen LogP contribution in [-0.4, -0.2) is 106 Å². The second-order valence-electron chi connectivity index (χ2n) is 10.8. The van der Waals surface area contributed by atoms with Crippen molar-refractivity contribution < 1.29 is 56.0 Å². The lowest BCUT2D eigenvalue weighted by Gasteiger charge is -2.25. The van der Waals surface area contributed by atoms with Crippen molar-refractivity contribution in [1.82, 2.24) is 20.5 Å². The molecule has 0 atom stereocenters. The smallest absolute Gasteiger partial charge is 0.490 e. The second kappa shape index (κ2) is 20.8. The number of hydrogen-bond donors (Lipinski definition) is 6. The van der Waals surface area contributed by atoms with Gasteiger partial charge in [-0.05, 0) is 60.9 Å². The van der Waals surface area contributed by atoms with E-state index < -0.39 is 24.3 Å². The van der Waals surface area contributed by atoms with Crippen molar-refractivity contribution in [3.05, 3.63) is 63.3 Å². The third-order valence-electron chi connectivity index (χ3n) is 7.10. The van der Waals surface area contributed by atoms with Gasteiger partial charge in [0.05, 0.1) is 4.70 Å². The van der Waals surface area contributed by atoms with Crippen LogP contribution in [0.3, 0.4) is 0 Å². The zero-order chi connectivity index (χ0) is 37.3. The van der Waals surface area contributed by atoms with E-state index >= 15 is 0 Å². The highest BCUT2D eigenvalue weighted by atomic mass is 32.2. The molecule has 278 valence electrons. The molecule has 0 unspecified atom stereocenters. The Morgan fingerprint density at radius 3 is 2.04 bits per heavy atom. The summed E-state index contributed by atoms with van der Waals surface area (Å²) in [7, 11) is 0. The number of nitrogens with one attached hydrogen (secondary N) is 3. The Kier molecular flexibility index (Phi) is 17.6. The van der Waals surface area contributed by atoms with Gasteiger partial charge in [-0.2, -0.15) is 38.1 Å². The number of alkyl halides is 6. The minimum absolute atomic E-state index is 0.112. The number of halogens is 6. The number of carboxylic acids is 2. The summed E-state index contributed by atoms with van der Waals surface area (Å²) in [5.41, 5.74) is 2.89. The van der Waals surface area contributed by atoms with E-state index in [1.54, 1.807) is 6.07 Å². The first-order valence-corrected chi connectivity index (χ1v) is 17.2. The number of aromatic nitrogens is 1. The molecule has 2 heterocycles. The Balaban J connectivity index is 0.000000521. The van der Waals surface area contributed by atoms with Crippen LogP contribution in [0.2, 0.25) is 0 Å². The fourth-order valence-corrected chi connectivity index (χ4v) is 6.53. The molecule has 1 aliphatic heterocycles. The minimum atomic E-state index is -5.08. The summed E-state index contributed by atoms with van der Waals surface area (Å²) >= 11 is 3.11. The Bertz CT molecular complexity index is 1540. The van der Waals surface area contributed by atoms with E-state index in [2.05, 4.69) is 44.8 Å². The number of nitrogens with zero attached hydrogens (tertiary/aromatic N) is 1. The van der Waals surface area contributed by atoms with E-state index in [4.69, 9.17) is 19.8 Å². The van der Waals surface area contributed by atoms with Gasteiger partial charge in [-0.25, -0.2) is 9.59 Å². The molecule has 0 aliphatic carbocycles. The third-order valence-corrected chi connectivity index (χ3v) is 9.11. The van der Waals surface area contributed by atoms with Crippen molar-refractivity contribution in [1.29, 1.82) is 0 Å². The molecule has 0 saturated carbocycles. The number of carboxylic acid groups (broad SMARTS) is 2. The molecule has 19 heteroatoms. The van der Waals surface area contributed by atoms with E-state index in [-0.39, 0.29) is 16.5 Å². The zero-order valence-corrected chi connectivity index (χ0v) is 28.2. The number of fused-ring (bicyclic) bond motifs is 1. The molecule has 6 N–H and O–H groups in total. The molecule has 1 aromatic heterocycles. The summed E-state index contributed by atoms with van der Waals surface area (Å²) in [5, 5.41) is 31.0. The summed E-state index contributed by atoms with van der Waals surface area (Å²) in [5.74, 6) is -2.97. The predicted octanol–water partition coefficient (Wildman–Crippen LogP) is 4.64. The molecule has 0 bridgehead atoms. The molecule has 1 saturated heterocycles. The Hall–Kier alpha value is -3.81.